The van der Waals surface area contributed by atoms with Crippen molar-refractivity contribution in [1.29, 1.82) is 0 Å². The molecular weight excluding hydrogens is 419 g/mol. The average Bonchev–Trinajstić information content (AvgIpc) is 2.66. The van der Waals surface area contributed by atoms with Gasteiger partial charge in [0, 0.05) is 9.89 Å². The number of ether oxygens (including phenoxy) is 1. The van der Waals surface area contributed by atoms with Crippen LogP contribution in [0.25, 0.3) is 0 Å². The van der Waals surface area contributed by atoms with E-state index in [0.29, 0.717) is 16.6 Å². The van der Waals surface area contributed by atoms with Gasteiger partial charge in [-0.25, -0.2) is 0 Å². The van der Waals surface area contributed by atoms with E-state index in [1.54, 1.807) is 6.07 Å². The summed E-state index contributed by atoms with van der Waals surface area (Å²) >= 11 is 3.18. The van der Waals surface area contributed by atoms with Gasteiger partial charge >= 0.3 is 6.18 Å². The molecule has 1 saturated heterocycles. The highest BCUT2D eigenvalue weighted by Gasteiger charge is 2.35. The second kappa shape index (κ2) is 8.33. The highest BCUT2D eigenvalue weighted by molar-refractivity contribution is 9.10. The minimum Gasteiger partial charge on any atom is -0.373 e. The predicted octanol–water partition coefficient (Wildman–Crippen LogP) is 5.87. The van der Waals surface area contributed by atoms with Crippen molar-refractivity contribution < 1.29 is 17.9 Å². The molecule has 0 radical (unpaired) electrons. The summed E-state index contributed by atoms with van der Waals surface area (Å²) in [5.74, 6) is 0. The molecule has 1 heterocycles. The van der Waals surface area contributed by atoms with Gasteiger partial charge in [0.15, 0.2) is 0 Å². The van der Waals surface area contributed by atoms with Gasteiger partial charge in [0.1, 0.15) is 0 Å². The van der Waals surface area contributed by atoms with Gasteiger partial charge in [-0.3, -0.25) is 0 Å². The first-order valence-corrected chi connectivity index (χ1v) is 9.85. The minimum absolute atomic E-state index is 0.111. The van der Waals surface area contributed by atoms with Gasteiger partial charge in [0.05, 0.1) is 18.3 Å². The molecule has 0 aromatic heterocycles. The number of benzene rings is 2. The van der Waals surface area contributed by atoms with Crippen molar-refractivity contribution in [2.45, 2.75) is 37.5 Å². The molecule has 2 aromatic rings. The third-order valence-corrected chi connectivity index (χ3v) is 5.73. The van der Waals surface area contributed by atoms with E-state index in [-0.39, 0.29) is 5.41 Å². The predicted molar refractivity (Wildman–Crippen MR) is 104 cm³/mol. The van der Waals surface area contributed by atoms with Crippen LogP contribution in [0.15, 0.2) is 53.0 Å². The Hall–Kier alpha value is -1.37. The van der Waals surface area contributed by atoms with Gasteiger partial charge in [0.25, 0.3) is 0 Å². The lowest BCUT2D eigenvalue weighted by Gasteiger charge is -2.38. The lowest BCUT2D eigenvalue weighted by atomic mass is 9.74. The highest BCUT2D eigenvalue weighted by atomic mass is 79.9. The number of nitrogens with one attached hydrogen (secondary N) is 1. The molecule has 0 aliphatic carbocycles. The minimum atomic E-state index is -4.38. The zero-order valence-corrected chi connectivity index (χ0v) is 16.7. The molecule has 27 heavy (non-hydrogen) atoms. The Labute approximate surface area is 166 Å². The standard InChI is InChI=1S/C21H23BrF3NO/c1-15(16-11-18(21(23,24)25)13-19(22)12-16)27-14-20(7-9-26-10-8-20)17-5-3-2-4-6-17/h2-6,11-13,15,26H,7-10,14H2,1H3/t15-/m0/s1. The van der Waals surface area contributed by atoms with E-state index < -0.39 is 17.8 Å². The molecule has 1 atom stereocenters. The van der Waals surface area contributed by atoms with Gasteiger partial charge in [-0.2, -0.15) is 13.2 Å². The zero-order valence-electron chi connectivity index (χ0n) is 15.2. The van der Waals surface area contributed by atoms with Crippen molar-refractivity contribution in [3.05, 3.63) is 69.7 Å². The number of hydrogen-bond acceptors (Lipinski definition) is 2. The summed E-state index contributed by atoms with van der Waals surface area (Å²) in [7, 11) is 0. The van der Waals surface area contributed by atoms with E-state index in [9.17, 15) is 13.2 Å². The summed E-state index contributed by atoms with van der Waals surface area (Å²) in [5, 5.41) is 3.37. The molecule has 6 heteroatoms. The maximum Gasteiger partial charge on any atom is 0.416 e. The van der Waals surface area contributed by atoms with E-state index in [1.807, 2.05) is 25.1 Å². The number of hydrogen-bond donors (Lipinski definition) is 1. The maximum absolute atomic E-state index is 13.1. The van der Waals surface area contributed by atoms with Crippen molar-refractivity contribution in [2.75, 3.05) is 19.7 Å². The van der Waals surface area contributed by atoms with Crippen molar-refractivity contribution in [3.63, 3.8) is 0 Å². The van der Waals surface area contributed by atoms with Crippen molar-refractivity contribution >= 4 is 15.9 Å². The van der Waals surface area contributed by atoms with E-state index >= 15 is 0 Å². The van der Waals surface area contributed by atoms with Gasteiger partial charge in [0.2, 0.25) is 0 Å². The maximum atomic E-state index is 13.1. The summed E-state index contributed by atoms with van der Waals surface area (Å²) in [6.07, 6.45) is -2.93. The lowest BCUT2D eigenvalue weighted by molar-refractivity contribution is -0.137. The third kappa shape index (κ3) is 4.92. The van der Waals surface area contributed by atoms with Crippen LogP contribution < -0.4 is 5.32 Å². The Morgan fingerprint density at radius 1 is 1.11 bits per heavy atom. The average molecular weight is 442 g/mol. The number of rotatable bonds is 5. The topological polar surface area (TPSA) is 21.3 Å². The molecule has 1 aliphatic rings. The van der Waals surface area contributed by atoms with Crippen LogP contribution in [0.3, 0.4) is 0 Å². The van der Waals surface area contributed by atoms with E-state index in [2.05, 4.69) is 33.4 Å². The Balaban J connectivity index is 1.79. The molecule has 0 saturated carbocycles. The number of alkyl halides is 3. The molecule has 3 rings (SSSR count). The zero-order chi connectivity index (χ0) is 19.5. The van der Waals surface area contributed by atoms with Crippen LogP contribution in [0.1, 0.15) is 42.6 Å². The van der Waals surface area contributed by atoms with E-state index in [4.69, 9.17) is 4.74 Å². The monoisotopic (exact) mass is 441 g/mol. The fraction of sp³-hybridized carbons (Fsp3) is 0.429. The van der Waals surface area contributed by atoms with Gasteiger partial charge < -0.3 is 10.1 Å². The van der Waals surface area contributed by atoms with Gasteiger partial charge in [-0.05, 0) is 62.2 Å². The molecule has 146 valence electrons. The SMILES string of the molecule is C[C@H](OCC1(c2ccccc2)CCNCC1)c1cc(Br)cc(C(F)(F)F)c1. The third-order valence-electron chi connectivity index (χ3n) is 5.27. The van der Waals surface area contributed by atoms with Crippen LogP contribution in [0, 0.1) is 0 Å². The van der Waals surface area contributed by atoms with Crippen molar-refractivity contribution in [3.8, 4) is 0 Å². The Bertz CT molecular complexity index is 758. The van der Waals surface area contributed by atoms with Crippen molar-refractivity contribution in [2.24, 2.45) is 0 Å². The molecule has 1 fully saturated rings. The summed E-state index contributed by atoms with van der Waals surface area (Å²) < 4.78 is 45.8. The fourth-order valence-corrected chi connectivity index (χ4v) is 4.12. The number of halogens is 4. The first-order valence-electron chi connectivity index (χ1n) is 9.06. The van der Waals surface area contributed by atoms with E-state index in [0.717, 1.165) is 32.0 Å². The van der Waals surface area contributed by atoms with Crippen LogP contribution in [-0.2, 0) is 16.3 Å². The molecular formula is C21H23BrF3NO. The Morgan fingerprint density at radius 2 is 1.78 bits per heavy atom. The molecule has 0 amide bonds. The van der Waals surface area contributed by atoms with Crippen LogP contribution in [0.4, 0.5) is 13.2 Å². The summed E-state index contributed by atoms with van der Waals surface area (Å²) in [6.45, 7) is 4.10. The smallest absolute Gasteiger partial charge is 0.373 e. The van der Waals surface area contributed by atoms with E-state index in [1.165, 1.54) is 11.6 Å². The normalized spacial score (nSPS) is 18.3. The first kappa shape index (κ1) is 20.4. The Kier molecular flexibility index (Phi) is 6.28. The molecule has 0 unspecified atom stereocenters. The highest BCUT2D eigenvalue weighted by Crippen LogP contribution is 2.37. The molecule has 2 aromatic carbocycles. The van der Waals surface area contributed by atoms with Gasteiger partial charge in [-0.15, -0.1) is 0 Å². The van der Waals surface area contributed by atoms with Crippen molar-refractivity contribution in [1.82, 2.24) is 5.32 Å². The number of piperidine rings is 1. The molecule has 2 nitrogen and oxygen atoms in total. The fourth-order valence-electron chi connectivity index (χ4n) is 3.60. The lowest BCUT2D eigenvalue weighted by Crippen LogP contribution is -2.43. The van der Waals surface area contributed by atoms with Crippen LogP contribution >= 0.6 is 15.9 Å². The largest absolute Gasteiger partial charge is 0.416 e. The van der Waals surface area contributed by atoms with Crippen LogP contribution in [0.2, 0.25) is 0 Å². The summed E-state index contributed by atoms with van der Waals surface area (Å²) in [6, 6.07) is 14.2. The second-order valence-corrected chi connectivity index (χ2v) is 8.04. The van der Waals surface area contributed by atoms with Gasteiger partial charge in [-0.1, -0.05) is 46.3 Å². The summed E-state index contributed by atoms with van der Waals surface area (Å²) in [4.78, 5) is 0. The molecule has 1 aliphatic heterocycles. The summed E-state index contributed by atoms with van der Waals surface area (Å²) in [5.41, 5.74) is 0.972. The van der Waals surface area contributed by atoms with Crippen LogP contribution in [-0.4, -0.2) is 19.7 Å². The molecule has 0 bridgehead atoms. The Morgan fingerprint density at radius 3 is 2.41 bits per heavy atom. The second-order valence-electron chi connectivity index (χ2n) is 7.12. The van der Waals surface area contributed by atoms with Crippen LogP contribution in [0.5, 0.6) is 0 Å². The first-order chi connectivity index (χ1) is 12.8. The quantitative estimate of drug-likeness (QED) is 0.626. The molecule has 1 N–H and O–H groups in total. The molecule has 0 spiro atoms.